The number of rotatable bonds is 5. The predicted octanol–water partition coefficient (Wildman–Crippen LogP) is 3.89. The van der Waals surface area contributed by atoms with Crippen molar-refractivity contribution < 1.29 is 4.74 Å². The highest BCUT2D eigenvalue weighted by atomic mass is 35.5. The van der Waals surface area contributed by atoms with Crippen LogP contribution >= 0.6 is 11.6 Å². The van der Waals surface area contributed by atoms with Crippen LogP contribution < -0.4 is 0 Å². The molecule has 1 heterocycles. The molecule has 0 spiro atoms. The molecule has 0 bridgehead atoms. The average molecular weight is 252 g/mol. The Hall–Kier alpha value is -0.990. The summed E-state index contributed by atoms with van der Waals surface area (Å²) in [6.07, 6.45) is 4.31. The first-order valence-corrected chi connectivity index (χ1v) is 6.40. The van der Waals surface area contributed by atoms with E-state index in [1.807, 2.05) is 12.1 Å². The highest BCUT2D eigenvalue weighted by Gasteiger charge is 2.07. The van der Waals surface area contributed by atoms with Gasteiger partial charge < -0.3 is 9.30 Å². The third-order valence-electron chi connectivity index (χ3n) is 3.06. The van der Waals surface area contributed by atoms with Crippen LogP contribution in [0.2, 0.25) is 5.02 Å². The van der Waals surface area contributed by atoms with Crippen LogP contribution in [-0.4, -0.2) is 18.3 Å². The van der Waals surface area contributed by atoms with Crippen LogP contribution in [0.3, 0.4) is 0 Å². The van der Waals surface area contributed by atoms with Crippen molar-refractivity contribution in [2.24, 2.45) is 0 Å². The molecule has 2 aromatic rings. The summed E-state index contributed by atoms with van der Waals surface area (Å²) in [6.45, 7) is 3.95. The molecule has 0 N–H and O–H groups in total. The first kappa shape index (κ1) is 12.5. The van der Waals surface area contributed by atoms with E-state index in [1.54, 1.807) is 7.11 Å². The van der Waals surface area contributed by atoms with E-state index < -0.39 is 0 Å². The molecule has 17 heavy (non-hydrogen) atoms. The zero-order valence-electron chi connectivity index (χ0n) is 10.4. The second-order valence-electron chi connectivity index (χ2n) is 4.21. The van der Waals surface area contributed by atoms with Crippen molar-refractivity contribution in [1.29, 1.82) is 0 Å². The van der Waals surface area contributed by atoms with Gasteiger partial charge in [0, 0.05) is 42.4 Å². The minimum Gasteiger partial charge on any atom is -0.385 e. The number of fused-ring (bicyclic) bond motifs is 1. The highest BCUT2D eigenvalue weighted by Crippen LogP contribution is 2.25. The average Bonchev–Trinajstić information content (AvgIpc) is 2.67. The fourth-order valence-electron chi connectivity index (χ4n) is 2.19. The van der Waals surface area contributed by atoms with Crippen LogP contribution in [0.4, 0.5) is 0 Å². The summed E-state index contributed by atoms with van der Waals surface area (Å²) in [5.41, 5.74) is 2.61. The molecule has 0 saturated carbocycles. The number of aromatic nitrogens is 1. The van der Waals surface area contributed by atoms with Crippen molar-refractivity contribution in [2.45, 2.75) is 26.3 Å². The number of methoxy groups -OCH3 is 1. The maximum atomic E-state index is 6.07. The summed E-state index contributed by atoms with van der Waals surface area (Å²) in [5, 5.41) is 2.11. The van der Waals surface area contributed by atoms with Gasteiger partial charge in [-0.1, -0.05) is 24.6 Å². The number of nitrogens with zero attached hydrogens (tertiary/aromatic N) is 1. The Kier molecular flexibility index (Phi) is 4.08. The Bertz CT molecular complexity index is 504. The topological polar surface area (TPSA) is 14.2 Å². The van der Waals surface area contributed by atoms with Crippen molar-refractivity contribution in [1.82, 2.24) is 4.57 Å². The number of ether oxygens (including phenoxy) is 1. The van der Waals surface area contributed by atoms with Gasteiger partial charge in [0.05, 0.1) is 0 Å². The SMILES string of the molecule is CCc1cn(CCCOC)c2cc(Cl)ccc12. The van der Waals surface area contributed by atoms with Crippen LogP contribution in [0.15, 0.2) is 24.4 Å². The van der Waals surface area contributed by atoms with Gasteiger partial charge in [0.1, 0.15) is 0 Å². The van der Waals surface area contributed by atoms with E-state index in [4.69, 9.17) is 16.3 Å². The molecule has 0 fully saturated rings. The summed E-state index contributed by atoms with van der Waals surface area (Å²) >= 11 is 6.07. The Balaban J connectivity index is 2.36. The Morgan fingerprint density at radius 3 is 2.88 bits per heavy atom. The van der Waals surface area contributed by atoms with Gasteiger partial charge in [0.25, 0.3) is 0 Å². The largest absolute Gasteiger partial charge is 0.385 e. The molecule has 1 aromatic carbocycles. The van der Waals surface area contributed by atoms with E-state index in [-0.39, 0.29) is 0 Å². The standard InChI is InChI=1S/C14H18ClNO/c1-3-11-10-16(7-4-8-17-2)14-9-12(15)5-6-13(11)14/h5-6,9-10H,3-4,7-8H2,1-2H3. The normalized spacial score (nSPS) is 11.2. The lowest BCUT2D eigenvalue weighted by Crippen LogP contribution is -1.99. The van der Waals surface area contributed by atoms with Gasteiger partial charge in [-0.05, 0) is 30.5 Å². The molecule has 3 heteroatoms. The monoisotopic (exact) mass is 251 g/mol. The van der Waals surface area contributed by atoms with Gasteiger partial charge in [-0.3, -0.25) is 0 Å². The van der Waals surface area contributed by atoms with E-state index in [2.05, 4.69) is 23.8 Å². The quantitative estimate of drug-likeness (QED) is 0.736. The second kappa shape index (κ2) is 5.56. The van der Waals surface area contributed by atoms with Crippen LogP contribution in [0.5, 0.6) is 0 Å². The summed E-state index contributed by atoms with van der Waals surface area (Å²) in [4.78, 5) is 0. The van der Waals surface area contributed by atoms with Gasteiger partial charge in [0.2, 0.25) is 0 Å². The zero-order chi connectivity index (χ0) is 12.3. The van der Waals surface area contributed by atoms with E-state index in [9.17, 15) is 0 Å². The Labute approximate surface area is 107 Å². The Morgan fingerprint density at radius 1 is 1.35 bits per heavy atom. The number of aryl methyl sites for hydroxylation is 2. The van der Waals surface area contributed by atoms with Crippen LogP contribution in [0, 0.1) is 0 Å². The first-order chi connectivity index (χ1) is 8.26. The molecule has 1 aromatic heterocycles. The molecule has 0 amide bonds. The smallest absolute Gasteiger partial charge is 0.0498 e. The first-order valence-electron chi connectivity index (χ1n) is 6.02. The van der Waals surface area contributed by atoms with Crippen molar-refractivity contribution in [3.05, 3.63) is 35.0 Å². The fourth-order valence-corrected chi connectivity index (χ4v) is 2.35. The lowest BCUT2D eigenvalue weighted by Gasteiger charge is -2.04. The molecule has 2 nitrogen and oxygen atoms in total. The maximum absolute atomic E-state index is 6.07. The molecular formula is C14H18ClNO. The molecule has 0 radical (unpaired) electrons. The minimum atomic E-state index is 0.793. The van der Waals surface area contributed by atoms with Gasteiger partial charge in [-0.25, -0.2) is 0 Å². The van der Waals surface area contributed by atoms with Crippen molar-refractivity contribution >= 4 is 22.5 Å². The fraction of sp³-hybridized carbons (Fsp3) is 0.429. The highest BCUT2D eigenvalue weighted by molar-refractivity contribution is 6.31. The van der Waals surface area contributed by atoms with Gasteiger partial charge in [-0.2, -0.15) is 0 Å². The number of hydrogen-bond acceptors (Lipinski definition) is 1. The van der Waals surface area contributed by atoms with E-state index in [0.717, 1.165) is 31.0 Å². The van der Waals surface area contributed by atoms with E-state index in [0.29, 0.717) is 0 Å². The van der Waals surface area contributed by atoms with Gasteiger partial charge in [-0.15, -0.1) is 0 Å². The predicted molar refractivity (Wildman–Crippen MR) is 72.8 cm³/mol. The van der Waals surface area contributed by atoms with Crippen LogP contribution in [0.25, 0.3) is 10.9 Å². The lowest BCUT2D eigenvalue weighted by atomic mass is 10.1. The third kappa shape index (κ3) is 2.64. The molecule has 2 rings (SSSR count). The van der Waals surface area contributed by atoms with Crippen LogP contribution in [-0.2, 0) is 17.7 Å². The van der Waals surface area contributed by atoms with E-state index in [1.165, 1.54) is 16.5 Å². The summed E-state index contributed by atoms with van der Waals surface area (Å²) in [5.74, 6) is 0. The van der Waals surface area contributed by atoms with E-state index >= 15 is 0 Å². The second-order valence-corrected chi connectivity index (χ2v) is 4.65. The molecule has 0 atom stereocenters. The van der Waals surface area contributed by atoms with Gasteiger partial charge in [0.15, 0.2) is 0 Å². The number of halogens is 1. The van der Waals surface area contributed by atoms with Crippen molar-refractivity contribution in [2.75, 3.05) is 13.7 Å². The Morgan fingerprint density at radius 2 is 2.18 bits per heavy atom. The molecule has 0 aliphatic heterocycles. The summed E-state index contributed by atoms with van der Waals surface area (Å²) < 4.78 is 7.37. The molecule has 0 saturated heterocycles. The minimum absolute atomic E-state index is 0.793. The van der Waals surface area contributed by atoms with Crippen LogP contribution in [0.1, 0.15) is 18.9 Å². The summed E-state index contributed by atoms with van der Waals surface area (Å²) in [7, 11) is 1.74. The lowest BCUT2D eigenvalue weighted by molar-refractivity contribution is 0.190. The van der Waals surface area contributed by atoms with Gasteiger partial charge >= 0.3 is 0 Å². The van der Waals surface area contributed by atoms with Crippen molar-refractivity contribution in [3.8, 4) is 0 Å². The molecule has 0 aliphatic carbocycles. The maximum Gasteiger partial charge on any atom is 0.0498 e. The molecule has 0 unspecified atom stereocenters. The molecule has 0 aliphatic rings. The number of benzene rings is 1. The zero-order valence-corrected chi connectivity index (χ0v) is 11.1. The number of hydrogen-bond donors (Lipinski definition) is 0. The van der Waals surface area contributed by atoms with Crippen molar-refractivity contribution in [3.63, 3.8) is 0 Å². The summed E-state index contributed by atoms with van der Waals surface area (Å²) in [6, 6.07) is 6.12. The third-order valence-corrected chi connectivity index (χ3v) is 3.29. The molecular weight excluding hydrogens is 234 g/mol. The molecule has 92 valence electrons.